The minimum Gasteiger partial charge on any atom is -0.390 e. The summed E-state index contributed by atoms with van der Waals surface area (Å²) in [7, 11) is 8.44. The number of nitrogens with zero attached hydrogens (tertiary/aromatic N) is 6. The van der Waals surface area contributed by atoms with E-state index in [0.717, 1.165) is 9.80 Å². The summed E-state index contributed by atoms with van der Waals surface area (Å²) in [5.41, 5.74) is 0. The number of hydrogen-bond donors (Lipinski definition) is 6. The molecule has 0 aromatic carbocycles. The van der Waals surface area contributed by atoms with E-state index in [0.29, 0.717) is 6.42 Å². The van der Waals surface area contributed by atoms with E-state index in [4.69, 9.17) is 0 Å². The van der Waals surface area contributed by atoms with Crippen LogP contribution in [-0.4, -0.2) is 215 Å². The first-order valence-electron chi connectivity index (χ1n) is 29.7. The van der Waals surface area contributed by atoms with Gasteiger partial charge < -0.3 is 61.1 Å². The molecule has 1 heterocycles. The number of rotatable bonds is 14. The molecule has 0 aliphatic carbocycles. The molecular formula is C60H107N11O12. The van der Waals surface area contributed by atoms with Crippen LogP contribution in [0, 0.1) is 41.4 Å². The van der Waals surface area contributed by atoms with E-state index >= 15 is 9.59 Å². The molecule has 0 aromatic heterocycles. The van der Waals surface area contributed by atoms with E-state index in [1.165, 1.54) is 75.7 Å². The van der Waals surface area contributed by atoms with Crippen molar-refractivity contribution in [1.29, 1.82) is 0 Å². The number of aliphatic hydroxyl groups excluding tert-OH is 1. The Kier molecular flexibility index (Phi) is 30.7. The maximum Gasteiger partial charge on any atom is 0.246 e. The quantitative estimate of drug-likeness (QED) is 0.137. The highest BCUT2D eigenvalue weighted by Crippen LogP contribution is 2.25. The summed E-state index contributed by atoms with van der Waals surface area (Å²) in [6.07, 6.45) is 2.87. The zero-order valence-electron chi connectivity index (χ0n) is 54.4. The third-order valence-corrected chi connectivity index (χ3v) is 15.5. The van der Waals surface area contributed by atoms with Gasteiger partial charge in [0.2, 0.25) is 65.0 Å². The topological polar surface area (TPSA) is 288 Å². The summed E-state index contributed by atoms with van der Waals surface area (Å²) in [6, 6.07) is -12.4. The molecular weight excluding hydrogens is 1070 g/mol. The highest BCUT2D eigenvalue weighted by molar-refractivity contribution is 5.99. The van der Waals surface area contributed by atoms with Crippen molar-refractivity contribution in [2.24, 2.45) is 41.4 Å². The van der Waals surface area contributed by atoms with Crippen molar-refractivity contribution < 1.29 is 57.8 Å². The lowest BCUT2D eigenvalue weighted by molar-refractivity contribution is -0.157. The molecule has 474 valence electrons. The van der Waals surface area contributed by atoms with Crippen LogP contribution in [-0.2, 0) is 52.7 Å². The molecule has 0 unspecified atom stereocenters. The van der Waals surface area contributed by atoms with Crippen LogP contribution >= 0.6 is 0 Å². The predicted molar refractivity (Wildman–Crippen MR) is 319 cm³/mol. The largest absolute Gasteiger partial charge is 0.390 e. The summed E-state index contributed by atoms with van der Waals surface area (Å²) in [5, 5.41) is 25.6. The fourth-order valence-corrected chi connectivity index (χ4v) is 10.3. The van der Waals surface area contributed by atoms with Crippen LogP contribution in [0.25, 0.3) is 0 Å². The molecule has 0 spiro atoms. The molecule has 0 radical (unpaired) electrons. The Morgan fingerprint density at radius 1 is 0.470 bits per heavy atom. The second kappa shape index (κ2) is 34.0. The third-order valence-electron chi connectivity index (χ3n) is 15.5. The summed E-state index contributed by atoms with van der Waals surface area (Å²) in [5.74, 6) is -10.3. The summed E-state index contributed by atoms with van der Waals surface area (Å²) in [4.78, 5) is 166. The molecule has 1 aliphatic heterocycles. The zero-order valence-corrected chi connectivity index (χ0v) is 54.4. The average Bonchev–Trinajstić information content (AvgIpc) is 3.53. The molecule has 1 rings (SSSR count). The predicted octanol–water partition coefficient (Wildman–Crippen LogP) is 2.54. The number of hydrogen-bond acceptors (Lipinski definition) is 12. The van der Waals surface area contributed by atoms with Crippen LogP contribution in [0.1, 0.15) is 150 Å². The summed E-state index contributed by atoms with van der Waals surface area (Å²) < 4.78 is 0. The van der Waals surface area contributed by atoms with Gasteiger partial charge in [-0.05, 0) is 94.3 Å². The fourth-order valence-electron chi connectivity index (χ4n) is 10.3. The van der Waals surface area contributed by atoms with Gasteiger partial charge in [0.15, 0.2) is 0 Å². The van der Waals surface area contributed by atoms with Gasteiger partial charge in [0.1, 0.15) is 60.4 Å². The van der Waals surface area contributed by atoms with Crippen molar-refractivity contribution in [3.8, 4) is 0 Å². The van der Waals surface area contributed by atoms with E-state index in [9.17, 15) is 48.3 Å². The van der Waals surface area contributed by atoms with Gasteiger partial charge in [0.25, 0.3) is 0 Å². The molecule has 23 nitrogen and oxygen atoms in total. The van der Waals surface area contributed by atoms with Gasteiger partial charge in [-0.1, -0.05) is 109 Å². The van der Waals surface area contributed by atoms with Crippen LogP contribution in [0.2, 0.25) is 0 Å². The Morgan fingerprint density at radius 2 is 0.916 bits per heavy atom. The second-order valence-corrected chi connectivity index (χ2v) is 25.2. The maximum atomic E-state index is 15.1. The van der Waals surface area contributed by atoms with Gasteiger partial charge >= 0.3 is 0 Å². The van der Waals surface area contributed by atoms with Gasteiger partial charge in [0, 0.05) is 42.3 Å². The zero-order chi connectivity index (χ0) is 64.4. The smallest absolute Gasteiger partial charge is 0.246 e. The molecule has 12 atom stereocenters. The van der Waals surface area contributed by atoms with Crippen LogP contribution in [0.15, 0.2) is 12.2 Å². The molecule has 1 saturated heterocycles. The number of likely N-dealkylation sites (N-methyl/N-ethyl adjacent to an activating group) is 6. The standard InChI is InChI=1S/C60H107N11O12/c1-24-26-27-38(15)50(73)49-54(77)63-41(25-2)56(79)66(18)31-45(72)64-46(35(9)10)53(76)65-47(36(11)12)59(82)67(19)42(28-32(3)4)52(75)61-39(16)51(74)62-40(17)55(78)68(20)43(29-33(5)6)57(80)69(21)44(30-34(7)8)58(81)70(22)48(37(13)14)60(83)71(49)23/h24,26,32-44,46-50,73H,25,27-31H2,1-23H3,(H,61,75)(H,62,74)(H,63,77)(H,64,72)(H,65,76)/b26-24+/t38-,39+,40-,41-,42-,43+,44+,46+,47+,48-,49+,50-/m1/s1. The monoisotopic (exact) mass is 1170 g/mol. The fraction of sp³-hybridized carbons (Fsp3) is 0.783. The van der Waals surface area contributed by atoms with E-state index in [2.05, 4.69) is 26.6 Å². The molecule has 11 amide bonds. The SMILES string of the molecule is C/C=C/C[C@@H](C)[C@@H](O)[C@H]1C(=O)N[C@H](CC)C(=O)N(C)CC(=O)N[C@@H](C(C)C)C(=O)N[C@@H](C(C)C)C(=O)N(C)[C@H](CC(C)C)C(=O)N[C@@H](C)C(=O)N[C@H](C)C(=O)N(C)[C@@H](CC(C)C)C(=O)N(C)[C@@H](CC(C)C)C(=O)N(C)[C@H](C(C)C)C(=O)N1C. The number of carbonyl (C=O) groups is 11. The Hall–Kier alpha value is -6.13. The van der Waals surface area contributed by atoms with Gasteiger partial charge in [-0.25, -0.2) is 0 Å². The van der Waals surface area contributed by atoms with Gasteiger partial charge in [-0.15, -0.1) is 0 Å². The molecule has 23 heteroatoms. The van der Waals surface area contributed by atoms with Gasteiger partial charge in [-0.2, -0.15) is 0 Å². The van der Waals surface area contributed by atoms with Crippen LogP contribution < -0.4 is 26.6 Å². The minimum absolute atomic E-state index is 0.0191. The highest BCUT2D eigenvalue weighted by Gasteiger charge is 2.45. The van der Waals surface area contributed by atoms with Crippen molar-refractivity contribution in [3.05, 3.63) is 12.2 Å². The lowest BCUT2D eigenvalue weighted by atomic mass is 9.91. The molecule has 1 aliphatic rings. The number of amides is 11. The first kappa shape index (κ1) is 74.9. The molecule has 0 bridgehead atoms. The number of aliphatic hydroxyl groups is 1. The first-order chi connectivity index (χ1) is 38.3. The van der Waals surface area contributed by atoms with Crippen molar-refractivity contribution in [2.45, 2.75) is 216 Å². The van der Waals surface area contributed by atoms with E-state index in [1.807, 2.05) is 41.5 Å². The first-order valence-corrected chi connectivity index (χ1v) is 29.7. The van der Waals surface area contributed by atoms with Crippen molar-refractivity contribution in [2.75, 3.05) is 48.8 Å². The van der Waals surface area contributed by atoms with Crippen molar-refractivity contribution in [1.82, 2.24) is 56.0 Å². The Bertz CT molecular complexity index is 2270. The lowest BCUT2D eigenvalue weighted by Crippen LogP contribution is -2.63. The van der Waals surface area contributed by atoms with Gasteiger partial charge in [0.05, 0.1) is 12.6 Å². The van der Waals surface area contributed by atoms with Crippen molar-refractivity contribution >= 4 is 65.0 Å². The number of allylic oxidation sites excluding steroid dienone is 2. The Balaban J connectivity index is 4.25. The van der Waals surface area contributed by atoms with E-state index < -0.39 is 162 Å². The molecule has 0 aromatic rings. The lowest BCUT2D eigenvalue weighted by Gasteiger charge is -2.41. The Labute approximate surface area is 495 Å². The number of nitrogens with one attached hydrogen (secondary N) is 5. The van der Waals surface area contributed by atoms with Crippen LogP contribution in [0.4, 0.5) is 0 Å². The molecule has 6 N–H and O–H groups in total. The van der Waals surface area contributed by atoms with Crippen molar-refractivity contribution in [3.63, 3.8) is 0 Å². The number of carbonyl (C=O) groups excluding carboxylic acids is 11. The Morgan fingerprint density at radius 3 is 1.37 bits per heavy atom. The molecule has 83 heavy (non-hydrogen) atoms. The van der Waals surface area contributed by atoms with Crippen LogP contribution in [0.3, 0.4) is 0 Å². The summed E-state index contributed by atoms with van der Waals surface area (Å²) in [6.45, 7) is 28.8. The average molecular weight is 1170 g/mol. The van der Waals surface area contributed by atoms with Gasteiger partial charge in [-0.3, -0.25) is 52.7 Å². The minimum atomic E-state index is -1.61. The normalized spacial score (nSPS) is 27.1. The highest BCUT2D eigenvalue weighted by atomic mass is 16.3. The van der Waals surface area contributed by atoms with E-state index in [-0.39, 0.29) is 43.4 Å². The third kappa shape index (κ3) is 21.2. The van der Waals surface area contributed by atoms with E-state index in [1.54, 1.807) is 74.5 Å². The molecule has 0 saturated carbocycles. The summed E-state index contributed by atoms with van der Waals surface area (Å²) >= 11 is 0. The second-order valence-electron chi connectivity index (χ2n) is 25.2. The molecule has 1 fully saturated rings. The maximum absolute atomic E-state index is 15.1. The van der Waals surface area contributed by atoms with Crippen LogP contribution in [0.5, 0.6) is 0 Å².